The number of carbonyl (C=O) groups is 2. The zero-order valence-corrected chi connectivity index (χ0v) is 11.9. The molecule has 0 atom stereocenters. The minimum Gasteiger partial charge on any atom is -0.270 e. The second-order valence-electron chi connectivity index (χ2n) is 4.81. The summed E-state index contributed by atoms with van der Waals surface area (Å²) in [6, 6.07) is 10.5. The van der Waals surface area contributed by atoms with Crippen molar-refractivity contribution in [1.29, 1.82) is 0 Å². The third kappa shape index (κ3) is 2.33. The number of fused-ring (bicyclic) bond motifs is 1. The molecule has 1 heterocycles. The zero-order valence-electron chi connectivity index (χ0n) is 11.2. The number of hydrogen-bond acceptors (Lipinski definition) is 4. The molecule has 0 spiro atoms. The van der Waals surface area contributed by atoms with Gasteiger partial charge in [0.25, 0.3) is 17.5 Å². The van der Waals surface area contributed by atoms with Gasteiger partial charge in [0.15, 0.2) is 0 Å². The first-order chi connectivity index (χ1) is 10.5. The lowest BCUT2D eigenvalue weighted by atomic mass is 10.1. The smallest absolute Gasteiger partial charge is 0.270 e. The van der Waals surface area contributed by atoms with Crippen molar-refractivity contribution in [2.24, 2.45) is 0 Å². The fourth-order valence-corrected chi connectivity index (χ4v) is 2.57. The van der Waals surface area contributed by atoms with Crippen molar-refractivity contribution in [3.8, 4) is 0 Å². The predicted octanol–water partition coefficient (Wildman–Crippen LogP) is 3.04. The largest absolute Gasteiger partial charge is 0.270 e. The molecule has 0 aromatic heterocycles. The lowest BCUT2D eigenvalue weighted by molar-refractivity contribution is -0.384. The van der Waals surface area contributed by atoms with Crippen LogP contribution in [-0.2, 0) is 6.54 Å². The predicted molar refractivity (Wildman–Crippen MR) is 78.8 cm³/mol. The Morgan fingerprint density at radius 3 is 2.45 bits per heavy atom. The number of amides is 2. The van der Waals surface area contributed by atoms with Crippen LogP contribution in [0.15, 0.2) is 42.5 Å². The molecule has 3 rings (SSSR count). The van der Waals surface area contributed by atoms with Crippen molar-refractivity contribution in [2.75, 3.05) is 0 Å². The van der Waals surface area contributed by atoms with E-state index in [1.54, 1.807) is 24.3 Å². The van der Waals surface area contributed by atoms with Crippen molar-refractivity contribution in [2.45, 2.75) is 6.54 Å². The van der Waals surface area contributed by atoms with Gasteiger partial charge < -0.3 is 0 Å². The molecule has 0 fully saturated rings. The van der Waals surface area contributed by atoms with Crippen LogP contribution in [0.25, 0.3) is 0 Å². The number of nitro groups is 1. The molecule has 1 aliphatic heterocycles. The van der Waals surface area contributed by atoms with Crippen LogP contribution in [0.4, 0.5) is 5.69 Å². The molecule has 22 heavy (non-hydrogen) atoms. The van der Waals surface area contributed by atoms with Crippen molar-refractivity contribution >= 4 is 29.1 Å². The molecule has 0 unspecified atom stereocenters. The molecular weight excluding hydrogens is 308 g/mol. The van der Waals surface area contributed by atoms with E-state index >= 15 is 0 Å². The van der Waals surface area contributed by atoms with Gasteiger partial charge in [0.1, 0.15) is 0 Å². The quantitative estimate of drug-likeness (QED) is 0.495. The van der Waals surface area contributed by atoms with Crippen molar-refractivity contribution in [1.82, 2.24) is 4.90 Å². The van der Waals surface area contributed by atoms with E-state index in [0.29, 0.717) is 10.6 Å². The molecule has 1 aliphatic rings. The summed E-state index contributed by atoms with van der Waals surface area (Å²) in [5.41, 5.74) is 0.722. The van der Waals surface area contributed by atoms with Crippen LogP contribution in [-0.4, -0.2) is 21.6 Å². The van der Waals surface area contributed by atoms with E-state index in [-0.39, 0.29) is 23.4 Å². The number of hydrogen-bond donors (Lipinski definition) is 0. The SMILES string of the molecule is O=C1c2ccc([N+](=O)[O-])cc2C(=O)N1Cc1cccc(Cl)c1. The summed E-state index contributed by atoms with van der Waals surface area (Å²) >= 11 is 5.88. The van der Waals surface area contributed by atoms with Crippen molar-refractivity contribution in [3.05, 3.63) is 74.3 Å². The second kappa shape index (κ2) is 5.23. The molecule has 6 nitrogen and oxygen atoms in total. The number of imide groups is 1. The normalized spacial score (nSPS) is 13.4. The Balaban J connectivity index is 1.94. The molecule has 0 N–H and O–H groups in total. The first kappa shape index (κ1) is 14.2. The van der Waals surface area contributed by atoms with Gasteiger partial charge in [-0.1, -0.05) is 23.7 Å². The number of benzene rings is 2. The van der Waals surface area contributed by atoms with Gasteiger partial charge in [-0.2, -0.15) is 0 Å². The Kier molecular flexibility index (Phi) is 3.38. The highest BCUT2D eigenvalue weighted by Gasteiger charge is 2.36. The minimum absolute atomic E-state index is 0.0567. The average molecular weight is 317 g/mol. The molecule has 0 radical (unpaired) electrons. The van der Waals surface area contributed by atoms with Gasteiger partial charge >= 0.3 is 0 Å². The highest BCUT2D eigenvalue weighted by atomic mass is 35.5. The maximum absolute atomic E-state index is 12.3. The maximum atomic E-state index is 12.3. The first-order valence-electron chi connectivity index (χ1n) is 6.36. The van der Waals surface area contributed by atoms with Crippen LogP contribution >= 0.6 is 11.6 Å². The van der Waals surface area contributed by atoms with E-state index in [0.717, 1.165) is 11.0 Å². The Morgan fingerprint density at radius 2 is 1.77 bits per heavy atom. The number of nitrogens with zero attached hydrogens (tertiary/aromatic N) is 2. The zero-order chi connectivity index (χ0) is 15.9. The van der Waals surface area contributed by atoms with E-state index in [2.05, 4.69) is 0 Å². The molecule has 0 saturated heterocycles. The summed E-state index contributed by atoms with van der Waals surface area (Å²) in [5, 5.41) is 11.3. The number of carbonyl (C=O) groups excluding carboxylic acids is 2. The summed E-state index contributed by atoms with van der Waals surface area (Å²) in [7, 11) is 0. The summed E-state index contributed by atoms with van der Waals surface area (Å²) in [6.45, 7) is 0.0701. The van der Waals surface area contributed by atoms with Gasteiger partial charge in [-0.3, -0.25) is 24.6 Å². The molecule has 0 aliphatic carbocycles. The lowest BCUT2D eigenvalue weighted by Gasteiger charge is -2.13. The Labute approximate surface area is 130 Å². The summed E-state index contributed by atoms with van der Waals surface area (Å²) in [5.74, 6) is -1.00. The van der Waals surface area contributed by atoms with Crippen molar-refractivity contribution < 1.29 is 14.5 Å². The van der Waals surface area contributed by atoms with E-state index in [1.807, 2.05) is 0 Å². The first-order valence-corrected chi connectivity index (χ1v) is 6.74. The summed E-state index contributed by atoms with van der Waals surface area (Å²) < 4.78 is 0. The fraction of sp³-hybridized carbons (Fsp3) is 0.0667. The molecular formula is C15H9ClN2O4. The maximum Gasteiger partial charge on any atom is 0.270 e. The molecule has 0 saturated carbocycles. The topological polar surface area (TPSA) is 80.5 Å². The van der Waals surface area contributed by atoms with E-state index < -0.39 is 16.7 Å². The van der Waals surface area contributed by atoms with Gasteiger partial charge in [-0.25, -0.2) is 0 Å². The molecule has 2 aromatic carbocycles. The van der Waals surface area contributed by atoms with Gasteiger partial charge in [0, 0.05) is 17.2 Å². The standard InChI is InChI=1S/C15H9ClN2O4/c16-10-3-1-2-9(6-10)8-17-14(19)12-5-4-11(18(21)22)7-13(12)15(17)20/h1-7H,8H2. The van der Waals surface area contributed by atoms with Crippen LogP contribution < -0.4 is 0 Å². The second-order valence-corrected chi connectivity index (χ2v) is 5.25. The van der Waals surface area contributed by atoms with Crippen LogP contribution in [0.2, 0.25) is 5.02 Å². The molecule has 7 heteroatoms. The lowest BCUT2D eigenvalue weighted by Crippen LogP contribution is -2.29. The van der Waals surface area contributed by atoms with Gasteiger partial charge in [0.2, 0.25) is 0 Å². The van der Waals surface area contributed by atoms with Crippen LogP contribution in [0, 0.1) is 10.1 Å². The van der Waals surface area contributed by atoms with E-state index in [4.69, 9.17) is 11.6 Å². The number of non-ortho nitro benzene ring substituents is 1. The van der Waals surface area contributed by atoms with Crippen LogP contribution in [0.5, 0.6) is 0 Å². The molecule has 2 aromatic rings. The number of nitro benzene ring substituents is 1. The average Bonchev–Trinajstić information content (AvgIpc) is 2.72. The highest BCUT2D eigenvalue weighted by molar-refractivity contribution is 6.30. The van der Waals surface area contributed by atoms with E-state index in [1.165, 1.54) is 12.1 Å². The monoisotopic (exact) mass is 316 g/mol. The van der Waals surface area contributed by atoms with Crippen LogP contribution in [0.1, 0.15) is 26.3 Å². The Bertz CT molecular complexity index is 819. The molecule has 2 amide bonds. The third-order valence-corrected chi connectivity index (χ3v) is 3.63. The Hall–Kier alpha value is -2.73. The summed E-state index contributed by atoms with van der Waals surface area (Å²) in [4.78, 5) is 35.8. The van der Waals surface area contributed by atoms with Gasteiger partial charge in [-0.15, -0.1) is 0 Å². The minimum atomic E-state index is -0.600. The number of rotatable bonds is 3. The molecule has 0 bridgehead atoms. The van der Waals surface area contributed by atoms with Gasteiger partial charge in [-0.05, 0) is 23.8 Å². The van der Waals surface area contributed by atoms with Crippen molar-refractivity contribution in [3.63, 3.8) is 0 Å². The molecule has 110 valence electrons. The van der Waals surface area contributed by atoms with E-state index in [9.17, 15) is 19.7 Å². The highest BCUT2D eigenvalue weighted by Crippen LogP contribution is 2.28. The fourth-order valence-electron chi connectivity index (χ4n) is 2.35. The number of halogens is 1. The Morgan fingerprint density at radius 1 is 1.05 bits per heavy atom. The van der Waals surface area contributed by atoms with Crippen LogP contribution in [0.3, 0.4) is 0 Å². The van der Waals surface area contributed by atoms with Gasteiger partial charge in [0.05, 0.1) is 22.6 Å². The summed E-state index contributed by atoms with van der Waals surface area (Å²) in [6.07, 6.45) is 0. The third-order valence-electron chi connectivity index (χ3n) is 3.39.